The van der Waals surface area contributed by atoms with Crippen molar-refractivity contribution in [1.82, 2.24) is 15.0 Å². The third kappa shape index (κ3) is 1.74. The van der Waals surface area contributed by atoms with Crippen LogP contribution >= 0.6 is 0 Å². The third-order valence-corrected chi connectivity index (χ3v) is 1.93. The van der Waals surface area contributed by atoms with Gasteiger partial charge in [-0.05, 0) is 6.92 Å². The van der Waals surface area contributed by atoms with Crippen LogP contribution in [0.3, 0.4) is 0 Å². The Morgan fingerprint density at radius 3 is 2.50 bits per heavy atom. The summed E-state index contributed by atoms with van der Waals surface area (Å²) in [6, 6.07) is 3.96. The van der Waals surface area contributed by atoms with Gasteiger partial charge in [-0.3, -0.25) is 0 Å². The number of rotatable bonds is 1. The smallest absolute Gasteiger partial charge is 0.169 e. The van der Waals surface area contributed by atoms with Crippen LogP contribution in [0, 0.1) is 6.92 Å². The van der Waals surface area contributed by atoms with Crippen LogP contribution in [0.5, 0.6) is 0 Å². The second-order valence-electron chi connectivity index (χ2n) is 3.11. The first-order valence-corrected chi connectivity index (χ1v) is 4.37. The lowest BCUT2D eigenvalue weighted by atomic mass is 10.2. The number of nitrogens with zero attached hydrogens (tertiary/aromatic N) is 4. The summed E-state index contributed by atoms with van der Waals surface area (Å²) in [7, 11) is 1.97. The van der Waals surface area contributed by atoms with E-state index in [0.29, 0.717) is 0 Å². The molecule has 0 fully saturated rings. The molecule has 2 aromatic heterocycles. The highest BCUT2D eigenvalue weighted by atomic mass is 15.0. The zero-order valence-corrected chi connectivity index (χ0v) is 8.18. The van der Waals surface area contributed by atoms with E-state index in [-0.39, 0.29) is 0 Å². The Morgan fingerprint density at radius 1 is 1.14 bits per heavy atom. The molecule has 2 rings (SSSR count). The number of hydrogen-bond donors (Lipinski definition) is 0. The van der Waals surface area contributed by atoms with Crippen molar-refractivity contribution in [3.05, 3.63) is 36.7 Å². The molecule has 0 amide bonds. The molecular weight excluding hydrogens is 176 g/mol. The lowest BCUT2D eigenvalue weighted by Crippen LogP contribution is -2.25. The van der Waals surface area contributed by atoms with Gasteiger partial charge in [-0.1, -0.05) is 0 Å². The zero-order valence-electron chi connectivity index (χ0n) is 8.18. The zero-order chi connectivity index (χ0) is 9.97. The van der Waals surface area contributed by atoms with Crippen LogP contribution in [0.2, 0.25) is 0 Å². The van der Waals surface area contributed by atoms with Crippen molar-refractivity contribution in [3.63, 3.8) is 0 Å². The number of hydrogen-bond acceptors (Lipinski definition) is 3. The van der Waals surface area contributed by atoms with Gasteiger partial charge in [0.2, 0.25) is 0 Å². The molecule has 0 spiro atoms. The van der Waals surface area contributed by atoms with E-state index in [1.54, 1.807) is 0 Å². The summed E-state index contributed by atoms with van der Waals surface area (Å²) in [4.78, 5) is 12.3. The highest BCUT2D eigenvalue weighted by molar-refractivity contribution is 5.52. The van der Waals surface area contributed by atoms with Gasteiger partial charge in [-0.25, -0.2) is 19.5 Å². The molecule has 14 heavy (non-hydrogen) atoms. The molecular formula is C10H11N4+. The molecule has 0 aliphatic heterocycles. The molecule has 0 aliphatic carbocycles. The van der Waals surface area contributed by atoms with E-state index < -0.39 is 0 Å². The SMILES string of the molecule is Cc1ncnc(-c2cc[n+](C)cc2)n1. The summed E-state index contributed by atoms with van der Waals surface area (Å²) in [5, 5.41) is 0. The fraction of sp³-hybridized carbons (Fsp3) is 0.200. The molecule has 70 valence electrons. The first kappa shape index (κ1) is 8.74. The molecule has 0 radical (unpaired) electrons. The van der Waals surface area contributed by atoms with Crippen LogP contribution < -0.4 is 4.57 Å². The predicted molar refractivity (Wildman–Crippen MR) is 51.2 cm³/mol. The molecule has 0 aromatic carbocycles. The second kappa shape index (κ2) is 3.49. The van der Waals surface area contributed by atoms with E-state index in [1.807, 2.05) is 43.1 Å². The van der Waals surface area contributed by atoms with E-state index in [4.69, 9.17) is 0 Å². The van der Waals surface area contributed by atoms with Crippen LogP contribution in [0.25, 0.3) is 11.4 Å². The van der Waals surface area contributed by atoms with Gasteiger partial charge in [0.1, 0.15) is 19.2 Å². The Morgan fingerprint density at radius 2 is 1.86 bits per heavy atom. The quantitative estimate of drug-likeness (QED) is 0.616. The van der Waals surface area contributed by atoms with Gasteiger partial charge in [-0.2, -0.15) is 0 Å². The summed E-state index contributed by atoms with van der Waals surface area (Å²) >= 11 is 0. The number of pyridine rings is 1. The van der Waals surface area contributed by atoms with Crippen molar-refractivity contribution in [2.24, 2.45) is 7.05 Å². The molecule has 2 aromatic rings. The van der Waals surface area contributed by atoms with Crippen molar-refractivity contribution in [3.8, 4) is 11.4 Å². The van der Waals surface area contributed by atoms with Gasteiger partial charge in [0, 0.05) is 17.7 Å². The highest BCUT2D eigenvalue weighted by Gasteiger charge is 2.02. The average Bonchev–Trinajstić information content (AvgIpc) is 2.19. The standard InChI is InChI=1S/C10H11N4/c1-8-11-7-12-10(13-8)9-3-5-14(2)6-4-9/h3-7H,1-2H3/q+1. The highest BCUT2D eigenvalue weighted by Crippen LogP contribution is 2.10. The Labute approximate surface area is 82.3 Å². The fourth-order valence-corrected chi connectivity index (χ4v) is 1.17. The molecule has 0 saturated carbocycles. The summed E-state index contributed by atoms with van der Waals surface area (Å²) in [6.07, 6.45) is 5.47. The van der Waals surface area contributed by atoms with E-state index in [9.17, 15) is 0 Å². The maximum Gasteiger partial charge on any atom is 0.169 e. The van der Waals surface area contributed by atoms with Crippen molar-refractivity contribution in [2.75, 3.05) is 0 Å². The van der Waals surface area contributed by atoms with Gasteiger partial charge in [-0.15, -0.1) is 0 Å². The molecule has 4 heteroatoms. The third-order valence-electron chi connectivity index (χ3n) is 1.93. The maximum atomic E-state index is 4.24. The Kier molecular flexibility index (Phi) is 2.18. The topological polar surface area (TPSA) is 42.5 Å². The van der Waals surface area contributed by atoms with Gasteiger partial charge in [0.05, 0.1) is 0 Å². The normalized spacial score (nSPS) is 10.1. The Balaban J connectivity index is 2.44. The van der Waals surface area contributed by atoms with Crippen LogP contribution in [-0.4, -0.2) is 15.0 Å². The maximum absolute atomic E-state index is 4.24. The van der Waals surface area contributed by atoms with Crippen LogP contribution in [0.15, 0.2) is 30.9 Å². The first-order valence-electron chi connectivity index (χ1n) is 4.37. The second-order valence-corrected chi connectivity index (χ2v) is 3.11. The molecule has 0 bridgehead atoms. The molecule has 4 nitrogen and oxygen atoms in total. The minimum absolute atomic E-state index is 0.720. The summed E-state index contributed by atoms with van der Waals surface area (Å²) in [5.41, 5.74) is 1.01. The average molecular weight is 187 g/mol. The minimum Gasteiger partial charge on any atom is -0.222 e. The molecule has 0 saturated heterocycles. The predicted octanol–water partition coefficient (Wildman–Crippen LogP) is 0.672. The van der Waals surface area contributed by atoms with Gasteiger partial charge < -0.3 is 0 Å². The number of aryl methyl sites for hydroxylation is 2. The van der Waals surface area contributed by atoms with E-state index in [1.165, 1.54) is 6.33 Å². The molecule has 2 heterocycles. The Hall–Kier alpha value is -1.84. The lowest BCUT2D eigenvalue weighted by molar-refractivity contribution is -0.671. The van der Waals surface area contributed by atoms with Gasteiger partial charge in [0.25, 0.3) is 0 Å². The molecule has 0 atom stereocenters. The molecule has 0 aliphatic rings. The Bertz CT molecular complexity index is 436. The van der Waals surface area contributed by atoms with Crippen LogP contribution in [0.4, 0.5) is 0 Å². The molecule has 0 unspecified atom stereocenters. The summed E-state index contributed by atoms with van der Waals surface area (Å²) in [6.45, 7) is 1.86. The largest absolute Gasteiger partial charge is 0.222 e. The molecule has 0 N–H and O–H groups in total. The van der Waals surface area contributed by atoms with Gasteiger partial charge in [0.15, 0.2) is 18.2 Å². The van der Waals surface area contributed by atoms with E-state index in [0.717, 1.165) is 17.2 Å². The monoisotopic (exact) mass is 187 g/mol. The summed E-state index contributed by atoms with van der Waals surface area (Å²) < 4.78 is 1.97. The number of aromatic nitrogens is 4. The van der Waals surface area contributed by atoms with Crippen molar-refractivity contribution in [1.29, 1.82) is 0 Å². The fourth-order valence-electron chi connectivity index (χ4n) is 1.17. The van der Waals surface area contributed by atoms with E-state index >= 15 is 0 Å². The van der Waals surface area contributed by atoms with Gasteiger partial charge >= 0.3 is 0 Å². The summed E-state index contributed by atoms with van der Waals surface area (Å²) in [5.74, 6) is 1.46. The first-order chi connectivity index (χ1) is 6.75. The van der Waals surface area contributed by atoms with Crippen LogP contribution in [0.1, 0.15) is 5.82 Å². The van der Waals surface area contributed by atoms with Crippen molar-refractivity contribution < 1.29 is 4.57 Å². The van der Waals surface area contributed by atoms with E-state index in [2.05, 4.69) is 15.0 Å². The lowest BCUT2D eigenvalue weighted by Gasteiger charge is -1.97. The van der Waals surface area contributed by atoms with Crippen molar-refractivity contribution >= 4 is 0 Å². The minimum atomic E-state index is 0.720. The van der Waals surface area contributed by atoms with Crippen molar-refractivity contribution in [2.45, 2.75) is 6.92 Å². The van der Waals surface area contributed by atoms with Crippen LogP contribution in [-0.2, 0) is 7.05 Å².